The van der Waals surface area contributed by atoms with Crippen molar-refractivity contribution in [3.05, 3.63) is 16.1 Å². The van der Waals surface area contributed by atoms with Crippen molar-refractivity contribution in [1.82, 2.24) is 10.3 Å². The highest BCUT2D eigenvalue weighted by atomic mass is 32.1. The van der Waals surface area contributed by atoms with Crippen LogP contribution in [-0.4, -0.2) is 22.2 Å². The molecule has 80 valence electrons. The first-order valence-corrected chi connectivity index (χ1v) is 5.75. The van der Waals surface area contributed by atoms with Crippen molar-refractivity contribution in [2.24, 2.45) is 0 Å². The highest BCUT2D eigenvalue weighted by Gasteiger charge is 2.16. The van der Waals surface area contributed by atoms with Crippen molar-refractivity contribution >= 4 is 11.3 Å². The van der Waals surface area contributed by atoms with Crippen LogP contribution < -0.4 is 5.32 Å². The van der Waals surface area contributed by atoms with Gasteiger partial charge in [-0.3, -0.25) is 0 Å². The van der Waals surface area contributed by atoms with E-state index in [1.807, 2.05) is 26.3 Å². The van der Waals surface area contributed by atoms with E-state index in [4.69, 9.17) is 0 Å². The van der Waals surface area contributed by atoms with Gasteiger partial charge in [-0.25, -0.2) is 4.98 Å². The van der Waals surface area contributed by atoms with E-state index in [0.29, 0.717) is 6.54 Å². The standard InChI is InChI=1S/C10H18N2OS/c1-4-10(3,13)6-11-5-9-8(2)12-7-14-9/h7,11,13H,4-6H2,1-3H3. The summed E-state index contributed by atoms with van der Waals surface area (Å²) in [5, 5.41) is 13.0. The summed E-state index contributed by atoms with van der Waals surface area (Å²) in [7, 11) is 0. The van der Waals surface area contributed by atoms with E-state index in [-0.39, 0.29) is 0 Å². The average molecular weight is 214 g/mol. The highest BCUT2D eigenvalue weighted by molar-refractivity contribution is 7.09. The minimum absolute atomic E-state index is 0.599. The van der Waals surface area contributed by atoms with Gasteiger partial charge in [0.1, 0.15) is 0 Å². The lowest BCUT2D eigenvalue weighted by atomic mass is 10.0. The molecule has 1 atom stereocenters. The Morgan fingerprint density at radius 3 is 2.86 bits per heavy atom. The lowest BCUT2D eigenvalue weighted by Crippen LogP contribution is -2.36. The molecular formula is C10H18N2OS. The van der Waals surface area contributed by atoms with Gasteiger partial charge >= 0.3 is 0 Å². The van der Waals surface area contributed by atoms with Gasteiger partial charge in [0.25, 0.3) is 0 Å². The summed E-state index contributed by atoms with van der Waals surface area (Å²) < 4.78 is 0. The summed E-state index contributed by atoms with van der Waals surface area (Å²) in [6.07, 6.45) is 0.766. The Bertz CT molecular complexity index is 283. The molecule has 1 unspecified atom stereocenters. The molecule has 0 amide bonds. The van der Waals surface area contributed by atoms with Crippen LogP contribution in [0.2, 0.25) is 0 Å². The first-order chi connectivity index (χ1) is 6.55. The predicted molar refractivity (Wildman–Crippen MR) is 59.5 cm³/mol. The van der Waals surface area contributed by atoms with Gasteiger partial charge < -0.3 is 10.4 Å². The second kappa shape index (κ2) is 4.87. The van der Waals surface area contributed by atoms with E-state index in [9.17, 15) is 5.11 Å². The average Bonchev–Trinajstić information content (AvgIpc) is 2.52. The Kier molecular flexibility index (Phi) is 4.04. The fourth-order valence-electron chi connectivity index (χ4n) is 1.07. The third-order valence-electron chi connectivity index (χ3n) is 2.40. The molecule has 0 spiro atoms. The molecule has 0 saturated heterocycles. The van der Waals surface area contributed by atoms with Crippen molar-refractivity contribution < 1.29 is 5.11 Å². The molecule has 0 radical (unpaired) electrons. The van der Waals surface area contributed by atoms with Crippen molar-refractivity contribution in [2.45, 2.75) is 39.3 Å². The molecule has 1 rings (SSSR count). The molecule has 1 aromatic heterocycles. The van der Waals surface area contributed by atoms with Gasteiger partial charge in [0.15, 0.2) is 0 Å². The van der Waals surface area contributed by atoms with Gasteiger partial charge in [0, 0.05) is 18.0 Å². The van der Waals surface area contributed by atoms with Crippen LogP contribution in [0.25, 0.3) is 0 Å². The Morgan fingerprint density at radius 2 is 2.36 bits per heavy atom. The number of aliphatic hydroxyl groups is 1. The van der Waals surface area contributed by atoms with E-state index in [2.05, 4.69) is 10.3 Å². The number of thiazole rings is 1. The van der Waals surface area contributed by atoms with Gasteiger partial charge in [-0.1, -0.05) is 6.92 Å². The van der Waals surface area contributed by atoms with Crippen molar-refractivity contribution in [2.75, 3.05) is 6.54 Å². The minimum atomic E-state index is -0.599. The summed E-state index contributed by atoms with van der Waals surface area (Å²) in [5.74, 6) is 0. The first-order valence-electron chi connectivity index (χ1n) is 4.87. The molecule has 14 heavy (non-hydrogen) atoms. The number of rotatable bonds is 5. The molecule has 0 fully saturated rings. The molecule has 2 N–H and O–H groups in total. The topological polar surface area (TPSA) is 45.1 Å². The summed E-state index contributed by atoms with van der Waals surface area (Å²) in [6.45, 7) is 7.26. The van der Waals surface area contributed by atoms with Gasteiger partial charge in [0.2, 0.25) is 0 Å². The molecule has 0 aliphatic rings. The Labute approximate surface area is 89.2 Å². The summed E-state index contributed by atoms with van der Waals surface area (Å²) in [6, 6.07) is 0. The van der Waals surface area contributed by atoms with Crippen LogP contribution in [0, 0.1) is 6.92 Å². The molecule has 0 aliphatic carbocycles. The Hall–Kier alpha value is -0.450. The predicted octanol–water partition coefficient (Wildman–Crippen LogP) is 1.70. The van der Waals surface area contributed by atoms with Gasteiger partial charge in [-0.05, 0) is 20.3 Å². The van der Waals surface area contributed by atoms with Crippen molar-refractivity contribution in [1.29, 1.82) is 0 Å². The maximum Gasteiger partial charge on any atom is 0.0798 e. The number of aryl methyl sites for hydroxylation is 1. The number of hydrogen-bond acceptors (Lipinski definition) is 4. The van der Waals surface area contributed by atoms with Crippen LogP contribution in [0.4, 0.5) is 0 Å². The number of hydrogen-bond donors (Lipinski definition) is 2. The molecule has 4 heteroatoms. The lowest BCUT2D eigenvalue weighted by Gasteiger charge is -2.21. The van der Waals surface area contributed by atoms with Gasteiger partial charge in [0.05, 0.1) is 16.8 Å². The van der Waals surface area contributed by atoms with Crippen LogP contribution in [-0.2, 0) is 6.54 Å². The first kappa shape index (κ1) is 11.6. The lowest BCUT2D eigenvalue weighted by molar-refractivity contribution is 0.0556. The summed E-state index contributed by atoms with van der Waals surface area (Å²) >= 11 is 1.65. The number of nitrogens with zero attached hydrogens (tertiary/aromatic N) is 1. The minimum Gasteiger partial charge on any atom is -0.389 e. The van der Waals surface area contributed by atoms with E-state index >= 15 is 0 Å². The molecule has 0 bridgehead atoms. The van der Waals surface area contributed by atoms with Crippen LogP contribution >= 0.6 is 11.3 Å². The zero-order valence-corrected chi connectivity index (χ0v) is 9.82. The molecule has 3 nitrogen and oxygen atoms in total. The molecule has 0 saturated carbocycles. The highest BCUT2D eigenvalue weighted by Crippen LogP contribution is 2.12. The van der Waals surface area contributed by atoms with E-state index in [0.717, 1.165) is 18.7 Å². The Balaban J connectivity index is 2.32. The molecular weight excluding hydrogens is 196 g/mol. The number of aromatic nitrogens is 1. The van der Waals surface area contributed by atoms with Crippen molar-refractivity contribution in [3.8, 4) is 0 Å². The second-order valence-corrected chi connectivity index (χ2v) is 4.75. The second-order valence-electron chi connectivity index (χ2n) is 3.81. The number of nitrogens with one attached hydrogen (secondary N) is 1. The van der Waals surface area contributed by atoms with Gasteiger partial charge in [-0.2, -0.15) is 0 Å². The van der Waals surface area contributed by atoms with E-state index in [1.54, 1.807) is 11.3 Å². The third-order valence-corrected chi connectivity index (χ3v) is 3.33. The van der Waals surface area contributed by atoms with Crippen molar-refractivity contribution in [3.63, 3.8) is 0 Å². The molecule has 0 aromatic carbocycles. The zero-order chi connectivity index (χ0) is 10.6. The van der Waals surface area contributed by atoms with Crippen LogP contribution in [0.3, 0.4) is 0 Å². The summed E-state index contributed by atoms with van der Waals surface area (Å²) in [4.78, 5) is 5.42. The summed E-state index contributed by atoms with van der Waals surface area (Å²) in [5.41, 5.74) is 2.33. The maximum absolute atomic E-state index is 9.75. The fourth-order valence-corrected chi connectivity index (χ4v) is 1.81. The van der Waals surface area contributed by atoms with Gasteiger partial charge in [-0.15, -0.1) is 11.3 Å². The Morgan fingerprint density at radius 1 is 1.64 bits per heavy atom. The fraction of sp³-hybridized carbons (Fsp3) is 0.700. The quantitative estimate of drug-likeness (QED) is 0.784. The largest absolute Gasteiger partial charge is 0.389 e. The monoisotopic (exact) mass is 214 g/mol. The maximum atomic E-state index is 9.75. The molecule has 0 aliphatic heterocycles. The van der Waals surface area contributed by atoms with E-state index < -0.39 is 5.60 Å². The van der Waals surface area contributed by atoms with Crippen LogP contribution in [0.1, 0.15) is 30.8 Å². The molecule has 1 heterocycles. The zero-order valence-electron chi connectivity index (χ0n) is 9.00. The van der Waals surface area contributed by atoms with Crippen LogP contribution in [0.15, 0.2) is 5.51 Å². The SMILES string of the molecule is CCC(C)(O)CNCc1scnc1C. The smallest absolute Gasteiger partial charge is 0.0798 e. The van der Waals surface area contributed by atoms with E-state index in [1.165, 1.54) is 4.88 Å². The van der Waals surface area contributed by atoms with Crippen LogP contribution in [0.5, 0.6) is 0 Å². The normalized spacial score (nSPS) is 15.4. The molecule has 1 aromatic rings. The third kappa shape index (κ3) is 3.36.